The molecule has 2 aromatic carbocycles. The van der Waals surface area contributed by atoms with Crippen LogP contribution in [-0.4, -0.2) is 62.2 Å². The number of H-pyrrole nitrogens is 1. The van der Waals surface area contributed by atoms with Crippen molar-refractivity contribution < 1.29 is 23.7 Å². The molecule has 0 spiro atoms. The van der Waals surface area contributed by atoms with E-state index in [1.807, 2.05) is 36.4 Å². The maximum Gasteiger partial charge on any atom is 0.230 e. The summed E-state index contributed by atoms with van der Waals surface area (Å²) in [6, 6.07) is 11.1. The fraction of sp³-hybridized carbons (Fsp3) is 0.360. The second kappa shape index (κ2) is 11.7. The molecular formula is C25H28ClN3O5S. The van der Waals surface area contributed by atoms with Gasteiger partial charge in [-0.05, 0) is 37.1 Å². The second-order valence-electron chi connectivity index (χ2n) is 7.91. The number of halogens is 1. The predicted molar refractivity (Wildman–Crippen MR) is 137 cm³/mol. The minimum Gasteiger partial charge on any atom is -0.493 e. The first-order valence-electron chi connectivity index (χ1n) is 11.2. The van der Waals surface area contributed by atoms with Crippen molar-refractivity contribution in [3.05, 3.63) is 41.4 Å². The van der Waals surface area contributed by atoms with Gasteiger partial charge in [0.05, 0.1) is 38.9 Å². The van der Waals surface area contributed by atoms with E-state index in [2.05, 4.69) is 10.3 Å². The van der Waals surface area contributed by atoms with Gasteiger partial charge < -0.3 is 29.2 Å². The summed E-state index contributed by atoms with van der Waals surface area (Å²) in [6.45, 7) is 1.29. The lowest BCUT2D eigenvalue weighted by Gasteiger charge is -2.13. The van der Waals surface area contributed by atoms with Crippen molar-refractivity contribution in [2.24, 2.45) is 0 Å². The fourth-order valence-electron chi connectivity index (χ4n) is 3.85. The topological polar surface area (TPSA) is 94.7 Å². The summed E-state index contributed by atoms with van der Waals surface area (Å²) in [6.07, 6.45) is 2.12. The Bertz CT molecular complexity index is 1140. The third kappa shape index (κ3) is 6.04. The number of thioether (sulfide) groups is 1. The summed E-state index contributed by atoms with van der Waals surface area (Å²) in [7, 11) is 4.70. The van der Waals surface area contributed by atoms with Crippen molar-refractivity contribution in [1.29, 1.82) is 0 Å². The molecule has 1 fully saturated rings. The monoisotopic (exact) mass is 517 g/mol. The zero-order chi connectivity index (χ0) is 24.8. The molecule has 1 saturated heterocycles. The number of benzene rings is 2. The lowest BCUT2D eigenvalue weighted by atomic mass is 10.1. The van der Waals surface area contributed by atoms with Crippen LogP contribution in [0.25, 0.3) is 22.6 Å². The highest BCUT2D eigenvalue weighted by Crippen LogP contribution is 2.42. The van der Waals surface area contributed by atoms with Gasteiger partial charge in [-0.3, -0.25) is 4.79 Å². The standard InChI is InChI=1S/C25H28ClN3O5S/c1-31-19-11-16(12-20(32-2)23(19)33-3)24-28-22(15-6-8-17(26)9-7-15)25(29-24)35-14-21(30)27-13-18-5-4-10-34-18/h6-9,11-12,18H,4-5,10,13-14H2,1-3H3,(H,27,30)(H,28,29)/t18-/m1/s1. The normalized spacial score (nSPS) is 15.1. The van der Waals surface area contributed by atoms with Gasteiger partial charge in [-0.15, -0.1) is 0 Å². The van der Waals surface area contributed by atoms with Gasteiger partial charge in [0.25, 0.3) is 0 Å². The van der Waals surface area contributed by atoms with E-state index < -0.39 is 0 Å². The van der Waals surface area contributed by atoms with Gasteiger partial charge in [0.2, 0.25) is 11.7 Å². The first kappa shape index (κ1) is 25.2. The van der Waals surface area contributed by atoms with E-state index in [-0.39, 0.29) is 17.8 Å². The van der Waals surface area contributed by atoms with Gasteiger partial charge in [0, 0.05) is 29.3 Å². The number of hydrogen-bond donors (Lipinski definition) is 2. The van der Waals surface area contributed by atoms with E-state index in [0.29, 0.717) is 39.7 Å². The summed E-state index contributed by atoms with van der Waals surface area (Å²) < 4.78 is 22.0. The molecule has 0 saturated carbocycles. The predicted octanol–water partition coefficient (Wildman–Crippen LogP) is 4.81. The molecule has 8 nitrogen and oxygen atoms in total. The molecule has 0 bridgehead atoms. The average Bonchev–Trinajstić information content (AvgIpc) is 3.56. The molecule has 1 aromatic heterocycles. The van der Waals surface area contributed by atoms with Crippen LogP contribution in [0.3, 0.4) is 0 Å². The lowest BCUT2D eigenvalue weighted by molar-refractivity contribution is -0.119. The molecule has 35 heavy (non-hydrogen) atoms. The molecule has 0 aliphatic carbocycles. The summed E-state index contributed by atoms with van der Waals surface area (Å²) in [5.41, 5.74) is 2.45. The van der Waals surface area contributed by atoms with Gasteiger partial charge in [-0.2, -0.15) is 0 Å². The highest BCUT2D eigenvalue weighted by atomic mass is 35.5. The largest absolute Gasteiger partial charge is 0.493 e. The van der Waals surface area contributed by atoms with Gasteiger partial charge in [-0.25, -0.2) is 4.98 Å². The Labute approximate surface area is 213 Å². The Morgan fingerprint density at radius 3 is 2.46 bits per heavy atom. The van der Waals surface area contributed by atoms with Crippen molar-refractivity contribution in [2.45, 2.75) is 24.0 Å². The van der Waals surface area contributed by atoms with Crippen molar-refractivity contribution in [2.75, 3.05) is 40.2 Å². The SMILES string of the molecule is COc1cc(-c2nc(SCC(=O)NC[C@H]3CCCO3)c(-c3ccc(Cl)cc3)[nH]2)cc(OC)c1OC. The van der Waals surface area contributed by atoms with Crippen LogP contribution in [0.5, 0.6) is 17.2 Å². The molecule has 1 aliphatic rings. The molecule has 186 valence electrons. The zero-order valence-electron chi connectivity index (χ0n) is 19.9. The number of rotatable bonds is 10. The number of carbonyl (C=O) groups is 1. The number of methoxy groups -OCH3 is 3. The molecule has 10 heteroatoms. The van der Waals surface area contributed by atoms with Crippen molar-refractivity contribution >= 4 is 29.3 Å². The van der Waals surface area contributed by atoms with E-state index >= 15 is 0 Å². The number of amides is 1. The first-order chi connectivity index (χ1) is 17.0. The highest BCUT2D eigenvalue weighted by molar-refractivity contribution is 8.00. The number of aromatic nitrogens is 2. The van der Waals surface area contributed by atoms with Crippen LogP contribution in [0.15, 0.2) is 41.4 Å². The van der Waals surface area contributed by atoms with Crippen molar-refractivity contribution in [3.8, 4) is 39.9 Å². The number of ether oxygens (including phenoxy) is 4. The quantitative estimate of drug-likeness (QED) is 0.373. The summed E-state index contributed by atoms with van der Waals surface area (Å²) >= 11 is 7.46. The Balaban J connectivity index is 1.61. The van der Waals surface area contributed by atoms with Gasteiger partial charge >= 0.3 is 0 Å². The lowest BCUT2D eigenvalue weighted by Crippen LogP contribution is -2.32. The van der Waals surface area contributed by atoms with Crippen LogP contribution in [0.2, 0.25) is 5.02 Å². The van der Waals surface area contributed by atoms with E-state index in [9.17, 15) is 4.79 Å². The molecule has 2 heterocycles. The minimum atomic E-state index is -0.0649. The van der Waals surface area contributed by atoms with E-state index in [1.165, 1.54) is 11.8 Å². The van der Waals surface area contributed by atoms with Gasteiger partial charge in [-0.1, -0.05) is 35.5 Å². The van der Waals surface area contributed by atoms with E-state index in [0.717, 1.165) is 36.3 Å². The van der Waals surface area contributed by atoms with Crippen molar-refractivity contribution in [3.63, 3.8) is 0 Å². The third-order valence-corrected chi connectivity index (χ3v) is 6.86. The highest BCUT2D eigenvalue weighted by Gasteiger charge is 2.20. The molecule has 0 unspecified atom stereocenters. The molecule has 1 amide bonds. The van der Waals surface area contributed by atoms with Gasteiger partial charge in [0.15, 0.2) is 11.5 Å². The number of hydrogen-bond acceptors (Lipinski definition) is 7. The maximum absolute atomic E-state index is 12.5. The maximum atomic E-state index is 12.5. The molecule has 0 radical (unpaired) electrons. The average molecular weight is 518 g/mol. The smallest absolute Gasteiger partial charge is 0.230 e. The number of aromatic amines is 1. The van der Waals surface area contributed by atoms with Crippen LogP contribution >= 0.6 is 23.4 Å². The van der Waals surface area contributed by atoms with Crippen LogP contribution in [-0.2, 0) is 9.53 Å². The molecule has 4 rings (SSSR count). The van der Waals surface area contributed by atoms with Gasteiger partial charge in [0.1, 0.15) is 10.9 Å². The van der Waals surface area contributed by atoms with E-state index in [1.54, 1.807) is 21.3 Å². The van der Waals surface area contributed by atoms with Crippen LogP contribution in [0.4, 0.5) is 0 Å². The summed E-state index contributed by atoms with van der Waals surface area (Å²) in [5.74, 6) is 2.32. The Hall–Kier alpha value is -2.88. The first-order valence-corrected chi connectivity index (χ1v) is 12.6. The van der Waals surface area contributed by atoms with Crippen LogP contribution in [0.1, 0.15) is 12.8 Å². The molecule has 1 atom stereocenters. The number of imidazole rings is 1. The summed E-state index contributed by atoms with van der Waals surface area (Å²) in [4.78, 5) is 20.7. The Kier molecular flexibility index (Phi) is 8.43. The Morgan fingerprint density at radius 2 is 1.86 bits per heavy atom. The van der Waals surface area contributed by atoms with Crippen LogP contribution < -0.4 is 19.5 Å². The van der Waals surface area contributed by atoms with Crippen molar-refractivity contribution in [1.82, 2.24) is 15.3 Å². The third-order valence-electron chi connectivity index (χ3n) is 5.63. The minimum absolute atomic E-state index is 0.0649. The number of carbonyl (C=O) groups excluding carboxylic acids is 1. The molecule has 2 N–H and O–H groups in total. The molecule has 3 aromatic rings. The summed E-state index contributed by atoms with van der Waals surface area (Å²) in [5, 5.41) is 4.29. The van der Waals surface area contributed by atoms with Crippen LogP contribution in [0, 0.1) is 0 Å². The second-order valence-corrected chi connectivity index (χ2v) is 9.31. The number of nitrogens with zero attached hydrogens (tertiary/aromatic N) is 1. The molecular weight excluding hydrogens is 490 g/mol. The Morgan fingerprint density at radius 1 is 1.14 bits per heavy atom. The zero-order valence-corrected chi connectivity index (χ0v) is 21.4. The fourth-order valence-corrected chi connectivity index (χ4v) is 4.81. The number of nitrogens with one attached hydrogen (secondary N) is 2. The molecule has 1 aliphatic heterocycles. The van der Waals surface area contributed by atoms with E-state index in [4.69, 9.17) is 35.5 Å².